The lowest BCUT2D eigenvalue weighted by atomic mass is 10.1. The number of rotatable bonds is 9. The first-order valence-corrected chi connectivity index (χ1v) is 20.4. The maximum absolute atomic E-state index is 6.75. The van der Waals surface area contributed by atoms with Crippen LogP contribution in [-0.2, 0) is 12.3 Å². The molecule has 0 aromatic heterocycles. The van der Waals surface area contributed by atoms with Crippen molar-refractivity contribution < 1.29 is 12.3 Å². The van der Waals surface area contributed by atoms with Crippen LogP contribution in [0.3, 0.4) is 0 Å². The van der Waals surface area contributed by atoms with Gasteiger partial charge in [0.2, 0.25) is 0 Å². The van der Waals surface area contributed by atoms with Gasteiger partial charge in [-0.3, -0.25) is 0 Å². The largest absolute Gasteiger partial charge is 0.473 e. The molecule has 0 aromatic rings. The summed E-state index contributed by atoms with van der Waals surface area (Å²) in [7, 11) is -8.14. The molecule has 1 unspecified atom stereocenters. The molecule has 0 bridgehead atoms. The van der Waals surface area contributed by atoms with Crippen molar-refractivity contribution in [1.29, 1.82) is 0 Å². The predicted molar refractivity (Wildman–Crippen MR) is 108 cm³/mol. The van der Waals surface area contributed by atoms with E-state index in [1.54, 1.807) is 0 Å². The van der Waals surface area contributed by atoms with Gasteiger partial charge in [-0.1, -0.05) is 20.8 Å². The minimum Gasteiger partial charge on any atom is -0.417 e. The summed E-state index contributed by atoms with van der Waals surface area (Å²) in [5.41, 5.74) is 0.276. The van der Waals surface area contributed by atoms with Gasteiger partial charge in [0.1, 0.15) is 0 Å². The highest BCUT2D eigenvalue weighted by atomic mass is 28.5. The van der Waals surface area contributed by atoms with E-state index in [9.17, 15) is 0 Å². The van der Waals surface area contributed by atoms with Crippen LogP contribution < -0.4 is 0 Å². The summed E-state index contributed by atoms with van der Waals surface area (Å²) in [6.45, 7) is 28.8. The van der Waals surface area contributed by atoms with E-state index in [0.717, 1.165) is 6.42 Å². The zero-order valence-corrected chi connectivity index (χ0v) is 20.8. The Morgan fingerprint density at radius 2 is 0.955 bits per heavy atom. The van der Waals surface area contributed by atoms with Crippen molar-refractivity contribution in [2.75, 3.05) is 0 Å². The molecule has 0 heterocycles. The summed E-state index contributed by atoms with van der Waals surface area (Å²) in [6, 6.07) is 0. The summed E-state index contributed by atoms with van der Waals surface area (Å²) in [4.78, 5) is 0. The molecule has 1 atom stereocenters. The van der Waals surface area contributed by atoms with Gasteiger partial charge in [-0.25, -0.2) is 0 Å². The van der Waals surface area contributed by atoms with Gasteiger partial charge in [-0.15, -0.1) is 0 Å². The van der Waals surface area contributed by atoms with Gasteiger partial charge >= 0.3 is 8.80 Å². The van der Waals surface area contributed by atoms with Crippen LogP contribution in [-0.4, -0.2) is 33.8 Å². The summed E-state index contributed by atoms with van der Waals surface area (Å²) in [6.07, 6.45) is 0.809. The number of hydrogen-bond acceptors (Lipinski definition) is 3. The Morgan fingerprint density at radius 3 is 1.09 bits per heavy atom. The lowest BCUT2D eigenvalue weighted by Gasteiger charge is -2.47. The third-order valence-corrected chi connectivity index (χ3v) is 15.5. The van der Waals surface area contributed by atoms with Crippen molar-refractivity contribution in [2.45, 2.75) is 84.7 Å². The quantitative estimate of drug-likeness (QED) is 0.479. The van der Waals surface area contributed by atoms with Crippen LogP contribution in [0.4, 0.5) is 0 Å². The van der Waals surface area contributed by atoms with E-state index in [2.05, 4.69) is 79.7 Å². The van der Waals surface area contributed by atoms with Crippen molar-refractivity contribution in [3.05, 3.63) is 6.92 Å². The molecule has 0 fully saturated rings. The first kappa shape index (κ1) is 22.7. The van der Waals surface area contributed by atoms with E-state index >= 15 is 0 Å². The molecule has 3 nitrogen and oxygen atoms in total. The highest BCUT2D eigenvalue weighted by Gasteiger charge is 2.55. The second kappa shape index (κ2) is 7.75. The third-order valence-electron chi connectivity index (χ3n) is 2.92. The van der Waals surface area contributed by atoms with Gasteiger partial charge in [-0.05, 0) is 71.3 Å². The number of hydrogen-bond donors (Lipinski definition) is 0. The second-order valence-electron chi connectivity index (χ2n) is 9.39. The Kier molecular flexibility index (Phi) is 8.02. The average molecular weight is 380 g/mol. The average Bonchev–Trinajstić information content (AvgIpc) is 2.06. The van der Waals surface area contributed by atoms with Gasteiger partial charge in [0.25, 0.3) is 0 Å². The lowest BCUT2D eigenvalue weighted by Crippen LogP contribution is -2.63. The van der Waals surface area contributed by atoms with Gasteiger partial charge in [0, 0.05) is 5.54 Å². The van der Waals surface area contributed by atoms with Gasteiger partial charge < -0.3 is 12.3 Å². The molecule has 7 heteroatoms. The maximum Gasteiger partial charge on any atom is 0.473 e. The Hall–Kier alpha value is 0.748. The predicted octanol–water partition coefficient (Wildman–Crippen LogP) is 5.73. The Labute approximate surface area is 143 Å². The molecule has 22 heavy (non-hydrogen) atoms. The Bertz CT molecular complexity index is 299. The summed E-state index contributed by atoms with van der Waals surface area (Å²) in [5, 5.41) is 0. The fourth-order valence-corrected chi connectivity index (χ4v) is 17.3. The van der Waals surface area contributed by atoms with Gasteiger partial charge in [0.15, 0.2) is 25.0 Å². The summed E-state index contributed by atoms with van der Waals surface area (Å²) >= 11 is 0. The maximum atomic E-state index is 6.75. The Balaban J connectivity index is 6.00. The normalized spacial score (nSPS) is 16.2. The molecule has 0 aliphatic carbocycles. The zero-order chi connectivity index (χ0) is 18.0. The van der Waals surface area contributed by atoms with E-state index in [4.69, 9.17) is 12.3 Å². The molecule has 0 spiro atoms. The smallest absolute Gasteiger partial charge is 0.417 e. The van der Waals surface area contributed by atoms with Crippen molar-refractivity contribution in [2.24, 2.45) is 5.92 Å². The molecule has 0 aliphatic heterocycles. The Morgan fingerprint density at radius 1 is 0.682 bits per heavy atom. The summed E-state index contributed by atoms with van der Waals surface area (Å²) in [5.74, 6) is 0.452. The third kappa shape index (κ3) is 8.56. The van der Waals surface area contributed by atoms with E-state index in [1.165, 1.54) is 0 Å². The van der Waals surface area contributed by atoms with E-state index < -0.39 is 33.8 Å². The van der Waals surface area contributed by atoms with Crippen LogP contribution in [0.1, 0.15) is 20.3 Å². The standard InChI is InChI=1S/C15H39O3Si4/c1-13-15(14(2)3)22(16-19(4,5)6,17-20(7,8)9)18-21(10,11)12/h14-15H,1,13H2,2-12H3. The SMILES string of the molecule is [CH2]CC(C(C)C)[Si](O[Si](C)(C)C)(O[Si](C)(C)C)O[Si](C)(C)C. The van der Waals surface area contributed by atoms with Crippen LogP contribution in [0.2, 0.25) is 64.5 Å². The van der Waals surface area contributed by atoms with Crippen molar-refractivity contribution in [3.63, 3.8) is 0 Å². The highest BCUT2D eigenvalue weighted by molar-refractivity contribution is 6.90. The van der Waals surface area contributed by atoms with Crippen LogP contribution >= 0.6 is 0 Å². The second-order valence-corrected chi connectivity index (χ2v) is 26.5. The van der Waals surface area contributed by atoms with Crippen LogP contribution in [0.25, 0.3) is 0 Å². The first-order chi connectivity index (χ1) is 9.51. The molecular weight excluding hydrogens is 341 g/mol. The highest BCUT2D eigenvalue weighted by Crippen LogP contribution is 2.40. The molecule has 0 saturated heterocycles. The molecule has 0 aliphatic rings. The topological polar surface area (TPSA) is 27.7 Å². The first-order valence-electron chi connectivity index (χ1n) is 8.41. The molecule has 0 saturated carbocycles. The fourth-order valence-electron chi connectivity index (χ4n) is 2.49. The molecule has 0 aromatic carbocycles. The molecule has 1 radical (unpaired) electrons. The van der Waals surface area contributed by atoms with Crippen LogP contribution in [0.15, 0.2) is 0 Å². The van der Waals surface area contributed by atoms with Crippen molar-refractivity contribution >= 4 is 33.8 Å². The van der Waals surface area contributed by atoms with Crippen LogP contribution in [0, 0.1) is 12.8 Å². The monoisotopic (exact) mass is 379 g/mol. The zero-order valence-electron chi connectivity index (χ0n) is 16.8. The molecule has 0 N–H and O–H groups in total. The minimum absolute atomic E-state index is 0.276. The minimum atomic E-state index is -2.77. The molecule has 0 rings (SSSR count). The van der Waals surface area contributed by atoms with E-state index in [1.807, 2.05) is 0 Å². The van der Waals surface area contributed by atoms with Gasteiger partial charge in [-0.2, -0.15) is 0 Å². The van der Waals surface area contributed by atoms with E-state index in [-0.39, 0.29) is 5.54 Å². The van der Waals surface area contributed by atoms with Crippen LogP contribution in [0.5, 0.6) is 0 Å². The molecule has 0 amide bonds. The van der Waals surface area contributed by atoms with Crippen molar-refractivity contribution in [3.8, 4) is 0 Å². The lowest BCUT2D eigenvalue weighted by molar-refractivity contribution is 0.220. The molecule has 133 valence electrons. The fraction of sp³-hybridized carbons (Fsp3) is 0.933. The molecular formula is C15H39O3Si4. The van der Waals surface area contributed by atoms with E-state index in [0.29, 0.717) is 5.92 Å². The van der Waals surface area contributed by atoms with Gasteiger partial charge in [0.05, 0.1) is 0 Å². The van der Waals surface area contributed by atoms with Crippen molar-refractivity contribution in [1.82, 2.24) is 0 Å². The summed E-state index contributed by atoms with van der Waals surface area (Å²) < 4.78 is 20.3.